The van der Waals surface area contributed by atoms with Gasteiger partial charge in [0.25, 0.3) is 0 Å². The zero-order valence-electron chi connectivity index (χ0n) is 23.2. The fourth-order valence-electron chi connectivity index (χ4n) is 7.69. The van der Waals surface area contributed by atoms with Crippen molar-refractivity contribution in [3.63, 3.8) is 0 Å². The third-order valence-electron chi connectivity index (χ3n) is 9.24. The number of anilines is 1. The lowest BCUT2D eigenvalue weighted by atomic mass is 9.48. The molecule has 40 heavy (non-hydrogen) atoms. The highest BCUT2D eigenvalue weighted by atomic mass is 35.5. The lowest BCUT2D eigenvalue weighted by Gasteiger charge is -2.57. The Balaban J connectivity index is 1.39. The van der Waals surface area contributed by atoms with Crippen LogP contribution in [0.4, 0.5) is 5.69 Å². The van der Waals surface area contributed by atoms with Gasteiger partial charge in [0.05, 0.1) is 22.0 Å². The van der Waals surface area contributed by atoms with Crippen molar-refractivity contribution in [3.05, 3.63) is 63.6 Å². The molecule has 2 aromatic carbocycles. The number of carbonyl (C=O) groups excluding carboxylic acids is 2. The molecule has 2 amide bonds. The van der Waals surface area contributed by atoms with Gasteiger partial charge in [0.15, 0.2) is 0 Å². The van der Waals surface area contributed by atoms with Crippen LogP contribution >= 0.6 is 23.2 Å². The lowest BCUT2D eigenvalue weighted by molar-refractivity contribution is -0.139. The minimum absolute atomic E-state index is 0.0624. The van der Waals surface area contributed by atoms with E-state index >= 15 is 0 Å². The second-order valence-corrected chi connectivity index (χ2v) is 14.8. The van der Waals surface area contributed by atoms with E-state index < -0.39 is 28.5 Å². The number of carbonyl (C=O) groups is 2. The smallest absolute Gasteiger partial charge is 0.244 e. The Bertz CT molecular complexity index is 1360. The van der Waals surface area contributed by atoms with E-state index in [9.17, 15) is 18.0 Å². The summed E-state index contributed by atoms with van der Waals surface area (Å²) >= 11 is 12.2. The van der Waals surface area contributed by atoms with Crippen LogP contribution in [0, 0.1) is 17.8 Å². The molecule has 0 unspecified atom stereocenters. The number of amides is 2. The third kappa shape index (κ3) is 5.86. The Hall–Kier alpha value is -2.29. The van der Waals surface area contributed by atoms with Crippen LogP contribution < -0.4 is 9.62 Å². The van der Waals surface area contributed by atoms with Gasteiger partial charge in [-0.3, -0.25) is 13.9 Å². The number of benzene rings is 2. The topological polar surface area (TPSA) is 86.8 Å². The van der Waals surface area contributed by atoms with Crippen molar-refractivity contribution in [1.29, 1.82) is 0 Å². The molecule has 4 bridgehead atoms. The van der Waals surface area contributed by atoms with Crippen LogP contribution in [0.5, 0.6) is 0 Å². The van der Waals surface area contributed by atoms with Gasteiger partial charge in [-0.1, -0.05) is 41.4 Å². The van der Waals surface area contributed by atoms with Crippen molar-refractivity contribution in [2.75, 3.05) is 24.2 Å². The van der Waals surface area contributed by atoms with Crippen molar-refractivity contribution in [2.24, 2.45) is 17.8 Å². The van der Waals surface area contributed by atoms with Crippen LogP contribution in [0.3, 0.4) is 0 Å². The third-order valence-corrected chi connectivity index (χ3v) is 11.1. The van der Waals surface area contributed by atoms with E-state index in [0.717, 1.165) is 28.3 Å². The van der Waals surface area contributed by atoms with E-state index in [1.54, 1.807) is 25.1 Å². The van der Waals surface area contributed by atoms with Gasteiger partial charge in [-0.25, -0.2) is 8.42 Å². The average Bonchev–Trinajstić information content (AvgIpc) is 2.90. The highest BCUT2D eigenvalue weighted by Crippen LogP contribution is 2.60. The summed E-state index contributed by atoms with van der Waals surface area (Å²) in [5.74, 6) is 1.55. The second-order valence-electron chi connectivity index (χ2n) is 12.1. The van der Waals surface area contributed by atoms with Gasteiger partial charge in [0.2, 0.25) is 21.8 Å². The van der Waals surface area contributed by atoms with Crippen LogP contribution in [0.15, 0.2) is 42.5 Å². The van der Waals surface area contributed by atoms with Crippen molar-refractivity contribution >= 4 is 50.7 Å². The van der Waals surface area contributed by atoms with E-state index in [2.05, 4.69) is 17.4 Å². The molecule has 1 N–H and O–H groups in total. The first-order chi connectivity index (χ1) is 18.9. The Labute approximate surface area is 247 Å². The molecule has 0 heterocycles. The van der Waals surface area contributed by atoms with E-state index in [0.29, 0.717) is 21.3 Å². The number of nitrogens with one attached hydrogen (secondary N) is 1. The molecule has 4 aliphatic rings. The van der Waals surface area contributed by atoms with Gasteiger partial charge in [-0.2, -0.15) is 0 Å². The summed E-state index contributed by atoms with van der Waals surface area (Å²) in [7, 11) is -2.30. The van der Waals surface area contributed by atoms with Gasteiger partial charge >= 0.3 is 0 Å². The molecule has 4 aliphatic carbocycles. The Morgan fingerprint density at radius 2 is 1.55 bits per heavy atom. The minimum Gasteiger partial charge on any atom is -0.357 e. The highest BCUT2D eigenvalue weighted by molar-refractivity contribution is 7.92. The van der Waals surface area contributed by atoms with Crippen molar-refractivity contribution in [2.45, 2.75) is 63.5 Å². The standard InChI is InChI=1S/C30H37Cl2N3O4S/c1-19(29(37)33-2)34(17-20-4-9-26(31)27(32)13-20)28(36)18-35(40(3,38)39)25-7-5-24(6-8-25)30-14-21-10-22(15-30)12-23(11-21)16-30/h4-9,13,19,21-23H,10-12,14-18H2,1-3H3,(H,33,37)/t19-,21?,22?,23?,30?/m0/s1. The van der Waals surface area contributed by atoms with Crippen LogP contribution in [0.1, 0.15) is 56.6 Å². The number of rotatable bonds is 9. The predicted octanol–water partition coefficient (Wildman–Crippen LogP) is 5.39. The summed E-state index contributed by atoms with van der Waals surface area (Å²) in [4.78, 5) is 27.6. The van der Waals surface area contributed by atoms with Crippen molar-refractivity contribution < 1.29 is 18.0 Å². The number of hydrogen-bond donors (Lipinski definition) is 1. The van der Waals surface area contributed by atoms with Gasteiger partial charge in [0, 0.05) is 13.6 Å². The quantitative estimate of drug-likeness (QED) is 0.415. The van der Waals surface area contributed by atoms with Gasteiger partial charge in [-0.05, 0) is 104 Å². The molecule has 0 spiro atoms. The van der Waals surface area contributed by atoms with E-state index in [1.165, 1.54) is 56.0 Å². The van der Waals surface area contributed by atoms with Gasteiger partial charge < -0.3 is 10.2 Å². The minimum atomic E-state index is -3.79. The Kier molecular flexibility index (Phi) is 8.16. The molecule has 4 saturated carbocycles. The number of halogens is 2. The highest BCUT2D eigenvalue weighted by Gasteiger charge is 2.51. The van der Waals surface area contributed by atoms with Crippen molar-refractivity contribution in [3.8, 4) is 0 Å². The molecule has 6 rings (SSSR count). The summed E-state index contributed by atoms with van der Waals surface area (Å²) in [6.07, 6.45) is 8.81. The molecule has 0 radical (unpaired) electrons. The molecule has 2 aromatic rings. The maximum Gasteiger partial charge on any atom is 0.244 e. The zero-order valence-corrected chi connectivity index (χ0v) is 25.5. The number of nitrogens with zero attached hydrogens (tertiary/aromatic N) is 2. The average molecular weight is 607 g/mol. The molecule has 4 fully saturated rings. The summed E-state index contributed by atoms with van der Waals surface area (Å²) < 4.78 is 27.0. The van der Waals surface area contributed by atoms with Crippen molar-refractivity contribution in [1.82, 2.24) is 10.2 Å². The predicted molar refractivity (Wildman–Crippen MR) is 159 cm³/mol. The van der Waals surface area contributed by atoms with Crippen LogP contribution in [0.2, 0.25) is 10.0 Å². The molecule has 0 aliphatic heterocycles. The molecule has 10 heteroatoms. The van der Waals surface area contributed by atoms with E-state index in [-0.39, 0.29) is 17.9 Å². The largest absolute Gasteiger partial charge is 0.357 e. The zero-order chi connectivity index (χ0) is 28.8. The molecule has 1 atom stereocenters. The maximum absolute atomic E-state index is 13.7. The Morgan fingerprint density at radius 1 is 0.975 bits per heavy atom. The normalized spacial score (nSPS) is 25.9. The summed E-state index contributed by atoms with van der Waals surface area (Å²) in [5, 5.41) is 3.28. The van der Waals surface area contributed by atoms with Gasteiger partial charge in [-0.15, -0.1) is 0 Å². The Morgan fingerprint density at radius 3 is 2.05 bits per heavy atom. The maximum atomic E-state index is 13.7. The number of hydrogen-bond acceptors (Lipinski definition) is 4. The van der Waals surface area contributed by atoms with Crippen LogP contribution in [-0.2, 0) is 31.6 Å². The SMILES string of the molecule is CNC(=O)[C@H](C)N(Cc1ccc(Cl)c(Cl)c1)C(=O)CN(c1ccc(C23CC4CC(CC(C4)C2)C3)cc1)S(C)(=O)=O. The van der Waals surface area contributed by atoms with Crippen LogP contribution in [-0.4, -0.2) is 51.0 Å². The van der Waals surface area contributed by atoms with E-state index in [4.69, 9.17) is 23.2 Å². The molecule has 0 saturated heterocycles. The number of likely N-dealkylation sites (N-methyl/N-ethyl adjacent to an activating group) is 1. The molecule has 0 aromatic heterocycles. The van der Waals surface area contributed by atoms with E-state index in [1.807, 2.05) is 12.1 Å². The fourth-order valence-corrected chi connectivity index (χ4v) is 8.86. The summed E-state index contributed by atoms with van der Waals surface area (Å²) in [5.41, 5.74) is 2.58. The first-order valence-corrected chi connectivity index (χ1v) is 16.5. The molecule has 7 nitrogen and oxygen atoms in total. The summed E-state index contributed by atoms with van der Waals surface area (Å²) in [6.45, 7) is 1.24. The monoisotopic (exact) mass is 605 g/mol. The first-order valence-electron chi connectivity index (χ1n) is 13.9. The van der Waals surface area contributed by atoms with Crippen LogP contribution in [0.25, 0.3) is 0 Å². The molecular formula is C30H37Cl2N3O4S. The summed E-state index contributed by atoms with van der Waals surface area (Å²) in [6, 6.07) is 11.9. The molecular weight excluding hydrogens is 569 g/mol. The number of sulfonamides is 1. The second kappa shape index (κ2) is 11.2. The first kappa shape index (κ1) is 29.2. The van der Waals surface area contributed by atoms with Gasteiger partial charge in [0.1, 0.15) is 12.6 Å². The fraction of sp³-hybridized carbons (Fsp3) is 0.533. The molecule has 216 valence electrons. The lowest BCUT2D eigenvalue weighted by Crippen LogP contribution is -2.50.